The van der Waals surface area contributed by atoms with Gasteiger partial charge in [0.25, 0.3) is 0 Å². The molecule has 0 amide bonds. The molecular weight excluding hydrogens is 208 g/mol. The Bertz CT molecular complexity index is 209. The predicted molar refractivity (Wildman–Crippen MR) is 59.0 cm³/mol. The van der Waals surface area contributed by atoms with Crippen molar-refractivity contribution in [1.82, 2.24) is 0 Å². The zero-order chi connectivity index (χ0) is 11.7. The lowest BCUT2D eigenvalue weighted by atomic mass is 10.2. The Morgan fingerprint density at radius 3 is 1.31 bits per heavy atom. The molecule has 16 heavy (non-hydrogen) atoms. The summed E-state index contributed by atoms with van der Waals surface area (Å²) in [7, 11) is 0. The smallest absolute Gasteiger partial charge is 0.210 e. The SMILES string of the molecule is CCC1OC(C2OC(C)C(CC)O2)OC1C. The molecular formula is C12H22O4. The second kappa shape index (κ2) is 5.00. The molecule has 0 N–H and O–H groups in total. The van der Waals surface area contributed by atoms with E-state index in [4.69, 9.17) is 18.9 Å². The Balaban J connectivity index is 1.91. The van der Waals surface area contributed by atoms with Crippen LogP contribution in [-0.4, -0.2) is 37.0 Å². The summed E-state index contributed by atoms with van der Waals surface area (Å²) in [6, 6.07) is 0. The highest BCUT2D eigenvalue weighted by Gasteiger charge is 2.43. The number of ether oxygens (including phenoxy) is 4. The minimum absolute atomic E-state index is 0.123. The van der Waals surface area contributed by atoms with Crippen molar-refractivity contribution in [3.05, 3.63) is 0 Å². The topological polar surface area (TPSA) is 36.9 Å². The zero-order valence-corrected chi connectivity index (χ0v) is 10.5. The molecule has 2 aliphatic heterocycles. The Morgan fingerprint density at radius 2 is 1.06 bits per heavy atom. The second-order valence-corrected chi connectivity index (χ2v) is 4.58. The number of rotatable bonds is 3. The van der Waals surface area contributed by atoms with Crippen LogP contribution in [0.2, 0.25) is 0 Å². The molecule has 0 aromatic heterocycles. The Labute approximate surface area is 97.2 Å². The van der Waals surface area contributed by atoms with Crippen molar-refractivity contribution in [3.8, 4) is 0 Å². The first-order valence-electron chi connectivity index (χ1n) is 6.27. The van der Waals surface area contributed by atoms with Gasteiger partial charge in [0.2, 0.25) is 12.6 Å². The maximum atomic E-state index is 5.78. The van der Waals surface area contributed by atoms with Crippen molar-refractivity contribution in [2.75, 3.05) is 0 Å². The standard InChI is InChI=1S/C12H22O4/c1-5-9-7(3)13-11(15-9)12-14-8(4)10(6-2)16-12/h7-12H,5-6H2,1-4H3. The average molecular weight is 230 g/mol. The van der Waals surface area contributed by atoms with Crippen LogP contribution in [0.25, 0.3) is 0 Å². The van der Waals surface area contributed by atoms with E-state index in [9.17, 15) is 0 Å². The first-order valence-corrected chi connectivity index (χ1v) is 6.27. The minimum atomic E-state index is -0.362. The van der Waals surface area contributed by atoms with E-state index < -0.39 is 0 Å². The van der Waals surface area contributed by atoms with E-state index in [1.165, 1.54) is 0 Å². The third kappa shape index (κ3) is 2.25. The second-order valence-electron chi connectivity index (χ2n) is 4.58. The first-order chi connectivity index (χ1) is 7.65. The lowest BCUT2D eigenvalue weighted by Crippen LogP contribution is -2.29. The molecule has 0 bridgehead atoms. The van der Waals surface area contributed by atoms with E-state index in [1.807, 2.05) is 13.8 Å². The van der Waals surface area contributed by atoms with Crippen LogP contribution in [-0.2, 0) is 18.9 Å². The molecule has 94 valence electrons. The summed E-state index contributed by atoms with van der Waals surface area (Å²) in [6.45, 7) is 8.26. The van der Waals surface area contributed by atoms with Gasteiger partial charge in [-0.3, -0.25) is 0 Å². The van der Waals surface area contributed by atoms with Gasteiger partial charge < -0.3 is 18.9 Å². The largest absolute Gasteiger partial charge is 0.342 e. The van der Waals surface area contributed by atoms with E-state index in [0.717, 1.165) is 12.8 Å². The molecule has 2 saturated heterocycles. The van der Waals surface area contributed by atoms with Crippen LogP contribution >= 0.6 is 0 Å². The van der Waals surface area contributed by atoms with E-state index in [2.05, 4.69) is 13.8 Å². The lowest BCUT2D eigenvalue weighted by molar-refractivity contribution is -0.220. The average Bonchev–Trinajstić information content (AvgIpc) is 2.81. The molecule has 2 fully saturated rings. The van der Waals surface area contributed by atoms with Crippen LogP contribution in [0.3, 0.4) is 0 Å². The summed E-state index contributed by atoms with van der Waals surface area (Å²) < 4.78 is 23.0. The molecule has 0 spiro atoms. The van der Waals surface area contributed by atoms with Gasteiger partial charge in [-0.15, -0.1) is 0 Å². The molecule has 2 aliphatic rings. The maximum Gasteiger partial charge on any atom is 0.210 e. The van der Waals surface area contributed by atoms with E-state index in [1.54, 1.807) is 0 Å². The van der Waals surface area contributed by atoms with Crippen LogP contribution in [0.15, 0.2) is 0 Å². The van der Waals surface area contributed by atoms with E-state index >= 15 is 0 Å². The third-order valence-corrected chi connectivity index (χ3v) is 3.39. The van der Waals surface area contributed by atoms with E-state index in [-0.39, 0.29) is 37.0 Å². The normalized spacial score (nSPS) is 48.8. The van der Waals surface area contributed by atoms with Gasteiger partial charge in [0.1, 0.15) is 0 Å². The van der Waals surface area contributed by atoms with Crippen molar-refractivity contribution in [1.29, 1.82) is 0 Å². The van der Waals surface area contributed by atoms with Gasteiger partial charge in [0.15, 0.2) is 0 Å². The van der Waals surface area contributed by atoms with Crippen LogP contribution in [0.1, 0.15) is 40.5 Å². The van der Waals surface area contributed by atoms with Gasteiger partial charge in [-0.25, -0.2) is 0 Å². The number of hydrogen-bond acceptors (Lipinski definition) is 4. The Morgan fingerprint density at radius 1 is 0.688 bits per heavy atom. The van der Waals surface area contributed by atoms with Crippen molar-refractivity contribution in [2.24, 2.45) is 0 Å². The molecule has 0 radical (unpaired) electrons. The number of hydrogen-bond donors (Lipinski definition) is 0. The van der Waals surface area contributed by atoms with Gasteiger partial charge >= 0.3 is 0 Å². The van der Waals surface area contributed by atoms with Crippen molar-refractivity contribution >= 4 is 0 Å². The molecule has 6 unspecified atom stereocenters. The fourth-order valence-electron chi connectivity index (χ4n) is 2.34. The Hall–Kier alpha value is -0.160. The van der Waals surface area contributed by atoms with Crippen molar-refractivity contribution < 1.29 is 18.9 Å². The fraction of sp³-hybridized carbons (Fsp3) is 1.00. The lowest BCUT2D eigenvalue weighted by Gasteiger charge is -2.17. The Kier molecular flexibility index (Phi) is 3.85. The molecule has 0 aliphatic carbocycles. The quantitative estimate of drug-likeness (QED) is 0.743. The summed E-state index contributed by atoms with van der Waals surface area (Å²) >= 11 is 0. The van der Waals surface area contributed by atoms with E-state index in [0.29, 0.717) is 0 Å². The fourth-order valence-corrected chi connectivity index (χ4v) is 2.34. The van der Waals surface area contributed by atoms with Crippen molar-refractivity contribution in [3.63, 3.8) is 0 Å². The van der Waals surface area contributed by atoms with Gasteiger partial charge in [0, 0.05) is 0 Å². The molecule has 4 heteroatoms. The van der Waals surface area contributed by atoms with Crippen LogP contribution in [0, 0.1) is 0 Å². The van der Waals surface area contributed by atoms with Gasteiger partial charge in [-0.05, 0) is 26.7 Å². The highest BCUT2D eigenvalue weighted by atomic mass is 16.8. The molecule has 2 rings (SSSR count). The molecule has 6 atom stereocenters. The summed E-state index contributed by atoms with van der Waals surface area (Å²) in [4.78, 5) is 0. The summed E-state index contributed by atoms with van der Waals surface area (Å²) in [6.07, 6.45) is 1.75. The predicted octanol–water partition coefficient (Wildman–Crippen LogP) is 2.07. The highest BCUT2D eigenvalue weighted by molar-refractivity contribution is 4.79. The van der Waals surface area contributed by atoms with Gasteiger partial charge in [-0.1, -0.05) is 13.8 Å². The molecule has 2 heterocycles. The minimum Gasteiger partial charge on any atom is -0.342 e. The van der Waals surface area contributed by atoms with Crippen molar-refractivity contribution in [2.45, 2.75) is 77.5 Å². The molecule has 4 nitrogen and oxygen atoms in total. The van der Waals surface area contributed by atoms with Crippen LogP contribution in [0.5, 0.6) is 0 Å². The van der Waals surface area contributed by atoms with Gasteiger partial charge in [-0.2, -0.15) is 0 Å². The monoisotopic (exact) mass is 230 g/mol. The maximum absolute atomic E-state index is 5.78. The molecule has 0 aromatic carbocycles. The summed E-state index contributed by atoms with van der Waals surface area (Å²) in [5, 5.41) is 0. The van der Waals surface area contributed by atoms with Crippen LogP contribution < -0.4 is 0 Å². The summed E-state index contributed by atoms with van der Waals surface area (Å²) in [5.74, 6) is 0. The van der Waals surface area contributed by atoms with Gasteiger partial charge in [0.05, 0.1) is 24.4 Å². The molecule has 0 aromatic rings. The first kappa shape index (κ1) is 12.3. The van der Waals surface area contributed by atoms with Crippen LogP contribution in [0.4, 0.5) is 0 Å². The zero-order valence-electron chi connectivity index (χ0n) is 10.5. The third-order valence-electron chi connectivity index (χ3n) is 3.39. The summed E-state index contributed by atoms with van der Waals surface area (Å²) in [5.41, 5.74) is 0. The highest BCUT2D eigenvalue weighted by Crippen LogP contribution is 2.31. The molecule has 0 saturated carbocycles.